The van der Waals surface area contributed by atoms with Gasteiger partial charge in [-0.1, -0.05) is 35.0 Å². The summed E-state index contributed by atoms with van der Waals surface area (Å²) in [6.07, 6.45) is 1.80. The number of nitrogens with zero attached hydrogens (tertiary/aromatic N) is 1. The summed E-state index contributed by atoms with van der Waals surface area (Å²) in [7, 11) is 0. The maximum Gasteiger partial charge on any atom is 0.169 e. The second kappa shape index (κ2) is 4.39. The van der Waals surface area contributed by atoms with Crippen LogP contribution >= 0.6 is 0 Å². The minimum absolute atomic E-state index is 0.499. The molecule has 0 radical (unpaired) electrons. The van der Waals surface area contributed by atoms with Crippen molar-refractivity contribution in [1.82, 2.24) is 5.16 Å². The number of rotatable bonds is 3. The molecule has 1 heterocycles. The van der Waals surface area contributed by atoms with E-state index in [1.807, 2.05) is 6.92 Å². The van der Waals surface area contributed by atoms with Crippen LogP contribution in [0.4, 0.5) is 5.82 Å². The number of hydrogen-bond donors (Lipinski definition) is 1. The van der Waals surface area contributed by atoms with Crippen LogP contribution in [0.15, 0.2) is 28.8 Å². The molecule has 3 heteroatoms. The average Bonchev–Trinajstić information content (AvgIpc) is 2.57. The van der Waals surface area contributed by atoms with Crippen LogP contribution in [0.1, 0.15) is 22.5 Å². The Balaban J connectivity index is 2.05. The molecule has 3 nitrogen and oxygen atoms in total. The summed E-state index contributed by atoms with van der Waals surface area (Å²) in [5.74, 6) is 1.39. The van der Waals surface area contributed by atoms with Crippen LogP contribution in [0.2, 0.25) is 0 Å². The summed E-state index contributed by atoms with van der Waals surface area (Å²) in [5, 5.41) is 3.75. The first-order valence-corrected chi connectivity index (χ1v) is 5.43. The predicted octanol–water partition coefficient (Wildman–Crippen LogP) is 2.66. The molecule has 0 aliphatic rings. The highest BCUT2D eigenvalue weighted by Gasteiger charge is 2.08. The van der Waals surface area contributed by atoms with Gasteiger partial charge in [0.05, 0.1) is 0 Å². The van der Waals surface area contributed by atoms with Crippen molar-refractivity contribution in [2.75, 3.05) is 5.73 Å². The molecule has 0 saturated heterocycles. The molecule has 0 aliphatic heterocycles. The number of hydrogen-bond acceptors (Lipinski definition) is 3. The van der Waals surface area contributed by atoms with Gasteiger partial charge in [0.15, 0.2) is 5.82 Å². The molecule has 1 aromatic heterocycles. The molecule has 0 spiro atoms. The second-order valence-corrected chi connectivity index (χ2v) is 4.11. The molecule has 84 valence electrons. The van der Waals surface area contributed by atoms with Crippen molar-refractivity contribution in [3.8, 4) is 0 Å². The fourth-order valence-electron chi connectivity index (χ4n) is 1.74. The molecule has 0 amide bonds. The van der Waals surface area contributed by atoms with Crippen molar-refractivity contribution in [2.24, 2.45) is 0 Å². The zero-order valence-corrected chi connectivity index (χ0v) is 9.66. The van der Waals surface area contributed by atoms with Crippen molar-refractivity contribution < 1.29 is 4.52 Å². The summed E-state index contributed by atoms with van der Waals surface area (Å²) in [4.78, 5) is 0. The van der Waals surface area contributed by atoms with Crippen LogP contribution in [0, 0.1) is 13.8 Å². The van der Waals surface area contributed by atoms with E-state index in [-0.39, 0.29) is 0 Å². The quantitative estimate of drug-likeness (QED) is 0.858. The molecule has 2 rings (SSSR count). The number of nitrogen functional groups attached to an aromatic ring is 1. The summed E-state index contributed by atoms with van der Waals surface area (Å²) in [6.45, 7) is 4.04. The Kier molecular flexibility index (Phi) is 2.95. The molecule has 0 atom stereocenters. The zero-order chi connectivity index (χ0) is 11.5. The van der Waals surface area contributed by atoms with E-state index in [4.69, 9.17) is 10.3 Å². The minimum atomic E-state index is 0.499. The van der Waals surface area contributed by atoms with Gasteiger partial charge in [0.2, 0.25) is 0 Å². The van der Waals surface area contributed by atoms with Crippen LogP contribution in [-0.2, 0) is 12.8 Å². The first-order valence-electron chi connectivity index (χ1n) is 5.43. The van der Waals surface area contributed by atoms with Crippen molar-refractivity contribution >= 4 is 5.82 Å². The van der Waals surface area contributed by atoms with Crippen molar-refractivity contribution in [2.45, 2.75) is 26.7 Å². The predicted molar refractivity (Wildman–Crippen MR) is 64.2 cm³/mol. The van der Waals surface area contributed by atoms with Gasteiger partial charge in [-0.2, -0.15) is 0 Å². The lowest BCUT2D eigenvalue weighted by molar-refractivity contribution is 0.385. The van der Waals surface area contributed by atoms with Crippen LogP contribution in [0.3, 0.4) is 0 Å². The van der Waals surface area contributed by atoms with E-state index >= 15 is 0 Å². The smallest absolute Gasteiger partial charge is 0.169 e. The summed E-state index contributed by atoms with van der Waals surface area (Å²) in [6, 6.07) is 8.49. The van der Waals surface area contributed by atoms with Gasteiger partial charge in [0.25, 0.3) is 0 Å². The molecule has 0 saturated carbocycles. The summed E-state index contributed by atoms with van der Waals surface area (Å²) < 4.78 is 5.17. The van der Waals surface area contributed by atoms with E-state index in [0.717, 1.165) is 24.2 Å². The third-order valence-electron chi connectivity index (χ3n) is 2.78. The van der Waals surface area contributed by atoms with Crippen LogP contribution < -0.4 is 5.73 Å². The standard InChI is InChI=1S/C13H16N2O/c1-9-4-3-5-11(8-9)6-7-12-10(2)13(14)15-16-12/h3-5,8H,6-7H2,1-2H3,(H2,14,15). The molecule has 0 bridgehead atoms. The van der Waals surface area contributed by atoms with Gasteiger partial charge in [-0.05, 0) is 25.8 Å². The number of aryl methyl sites for hydroxylation is 3. The second-order valence-electron chi connectivity index (χ2n) is 4.11. The van der Waals surface area contributed by atoms with E-state index in [2.05, 4.69) is 36.3 Å². The van der Waals surface area contributed by atoms with Crippen molar-refractivity contribution in [3.05, 3.63) is 46.7 Å². The van der Waals surface area contributed by atoms with E-state index in [9.17, 15) is 0 Å². The average molecular weight is 216 g/mol. The highest BCUT2D eigenvalue weighted by atomic mass is 16.5. The fourth-order valence-corrected chi connectivity index (χ4v) is 1.74. The Morgan fingerprint density at radius 1 is 1.25 bits per heavy atom. The lowest BCUT2D eigenvalue weighted by Crippen LogP contribution is -1.93. The van der Waals surface area contributed by atoms with Crippen LogP contribution in [0.25, 0.3) is 0 Å². The summed E-state index contributed by atoms with van der Waals surface area (Å²) in [5.41, 5.74) is 9.19. The molecule has 0 fully saturated rings. The molecule has 2 N–H and O–H groups in total. The Hall–Kier alpha value is -1.77. The molecule has 0 aliphatic carbocycles. The topological polar surface area (TPSA) is 52.0 Å². The monoisotopic (exact) mass is 216 g/mol. The highest BCUT2D eigenvalue weighted by Crippen LogP contribution is 2.17. The lowest BCUT2D eigenvalue weighted by Gasteiger charge is -2.01. The number of nitrogens with two attached hydrogens (primary N) is 1. The van der Waals surface area contributed by atoms with Crippen LogP contribution in [0.5, 0.6) is 0 Å². The van der Waals surface area contributed by atoms with E-state index in [1.165, 1.54) is 11.1 Å². The van der Waals surface area contributed by atoms with E-state index in [1.54, 1.807) is 0 Å². The molecular weight excluding hydrogens is 200 g/mol. The van der Waals surface area contributed by atoms with Gasteiger partial charge in [-0.15, -0.1) is 0 Å². The van der Waals surface area contributed by atoms with Gasteiger partial charge in [-0.25, -0.2) is 0 Å². The maximum atomic E-state index is 5.63. The summed E-state index contributed by atoms with van der Waals surface area (Å²) >= 11 is 0. The number of aromatic nitrogens is 1. The first-order chi connectivity index (χ1) is 7.66. The van der Waals surface area contributed by atoms with Crippen molar-refractivity contribution in [1.29, 1.82) is 0 Å². The van der Waals surface area contributed by atoms with Gasteiger partial charge in [0, 0.05) is 12.0 Å². The molecule has 1 aromatic carbocycles. The normalized spacial score (nSPS) is 10.6. The number of anilines is 1. The lowest BCUT2D eigenvalue weighted by atomic mass is 10.0. The first kappa shape index (κ1) is 10.7. The third kappa shape index (κ3) is 2.24. The number of benzene rings is 1. The zero-order valence-electron chi connectivity index (χ0n) is 9.66. The molecule has 0 unspecified atom stereocenters. The Labute approximate surface area is 95.3 Å². The maximum absolute atomic E-state index is 5.63. The van der Waals surface area contributed by atoms with E-state index < -0.39 is 0 Å². The van der Waals surface area contributed by atoms with Gasteiger partial charge in [-0.3, -0.25) is 0 Å². The molecular formula is C13H16N2O. The molecule has 2 aromatic rings. The largest absolute Gasteiger partial charge is 0.381 e. The highest BCUT2D eigenvalue weighted by molar-refractivity contribution is 5.39. The molecule has 16 heavy (non-hydrogen) atoms. The Bertz CT molecular complexity index is 488. The van der Waals surface area contributed by atoms with Gasteiger partial charge >= 0.3 is 0 Å². The van der Waals surface area contributed by atoms with Crippen molar-refractivity contribution in [3.63, 3.8) is 0 Å². The Morgan fingerprint density at radius 3 is 2.69 bits per heavy atom. The van der Waals surface area contributed by atoms with Gasteiger partial charge in [0.1, 0.15) is 5.76 Å². The SMILES string of the molecule is Cc1cccc(CCc2onc(N)c2C)c1. The van der Waals surface area contributed by atoms with Crippen LogP contribution in [-0.4, -0.2) is 5.16 Å². The fraction of sp³-hybridized carbons (Fsp3) is 0.308. The van der Waals surface area contributed by atoms with E-state index in [0.29, 0.717) is 5.82 Å². The Morgan fingerprint density at radius 2 is 2.06 bits per heavy atom. The minimum Gasteiger partial charge on any atom is -0.381 e. The third-order valence-corrected chi connectivity index (χ3v) is 2.78. The van der Waals surface area contributed by atoms with Gasteiger partial charge < -0.3 is 10.3 Å².